The number of ether oxygens (including phenoxy) is 1. The first-order chi connectivity index (χ1) is 12.2. The maximum atomic E-state index is 12.1. The summed E-state index contributed by atoms with van der Waals surface area (Å²) in [6.07, 6.45) is -4.78. The van der Waals surface area contributed by atoms with Crippen molar-refractivity contribution in [3.63, 3.8) is 0 Å². The van der Waals surface area contributed by atoms with Crippen LogP contribution in [0.1, 0.15) is 15.9 Å². The summed E-state index contributed by atoms with van der Waals surface area (Å²) in [7, 11) is 0. The molecule has 0 fully saturated rings. The lowest BCUT2D eigenvalue weighted by molar-refractivity contribution is -0.274. The van der Waals surface area contributed by atoms with Gasteiger partial charge in [-0.3, -0.25) is 9.59 Å². The second-order valence-corrected chi connectivity index (χ2v) is 5.34. The molecule has 0 heterocycles. The van der Waals surface area contributed by atoms with Crippen LogP contribution in [0.4, 0.5) is 24.5 Å². The Kier molecular flexibility index (Phi) is 5.71. The van der Waals surface area contributed by atoms with E-state index in [2.05, 4.69) is 15.4 Å². The van der Waals surface area contributed by atoms with Crippen LogP contribution >= 0.6 is 0 Å². The van der Waals surface area contributed by atoms with E-state index in [4.69, 9.17) is 5.73 Å². The molecule has 2 rings (SSSR count). The number of benzene rings is 2. The van der Waals surface area contributed by atoms with Crippen LogP contribution in [0.25, 0.3) is 0 Å². The first kappa shape index (κ1) is 19.1. The van der Waals surface area contributed by atoms with E-state index >= 15 is 0 Å². The molecule has 0 atom stereocenters. The number of hydrogen-bond acceptors (Lipinski definition) is 4. The Bertz CT molecular complexity index is 805. The van der Waals surface area contributed by atoms with Crippen molar-refractivity contribution in [2.24, 2.45) is 5.73 Å². The first-order valence-electron chi connectivity index (χ1n) is 7.44. The SMILES string of the molecule is Cc1cccc(C(N)=O)c1NCC(=O)Nc1ccc(OC(F)(F)F)cc1. The van der Waals surface area contributed by atoms with E-state index in [1.807, 2.05) is 0 Å². The number of carbonyl (C=O) groups excluding carboxylic acids is 2. The Balaban J connectivity index is 1.97. The lowest BCUT2D eigenvalue weighted by Gasteiger charge is -2.13. The minimum Gasteiger partial charge on any atom is -0.406 e. The van der Waals surface area contributed by atoms with Gasteiger partial charge in [0.2, 0.25) is 5.91 Å². The van der Waals surface area contributed by atoms with Gasteiger partial charge in [-0.25, -0.2) is 0 Å². The van der Waals surface area contributed by atoms with E-state index in [-0.39, 0.29) is 17.9 Å². The highest BCUT2D eigenvalue weighted by molar-refractivity contribution is 6.00. The molecular weight excluding hydrogens is 351 g/mol. The van der Waals surface area contributed by atoms with Crippen molar-refractivity contribution in [2.75, 3.05) is 17.2 Å². The molecule has 2 amide bonds. The normalized spacial score (nSPS) is 10.9. The minimum atomic E-state index is -4.78. The molecule has 0 radical (unpaired) electrons. The number of alkyl halides is 3. The number of rotatable bonds is 6. The average molecular weight is 367 g/mol. The zero-order valence-electron chi connectivity index (χ0n) is 13.7. The van der Waals surface area contributed by atoms with E-state index in [9.17, 15) is 22.8 Å². The number of primary amides is 1. The molecule has 0 saturated carbocycles. The predicted molar refractivity (Wildman–Crippen MR) is 89.9 cm³/mol. The number of para-hydroxylation sites is 1. The monoisotopic (exact) mass is 367 g/mol. The molecular formula is C17H16F3N3O3. The van der Waals surface area contributed by atoms with Gasteiger partial charge in [0, 0.05) is 5.69 Å². The number of halogens is 3. The standard InChI is InChI=1S/C17H16F3N3O3/c1-10-3-2-4-13(16(21)25)15(10)22-9-14(24)23-11-5-7-12(8-6-11)26-17(18,19)20/h2-8,22H,9H2,1H3,(H2,21,25)(H,23,24). The van der Waals surface area contributed by atoms with E-state index in [0.717, 1.165) is 17.7 Å². The van der Waals surface area contributed by atoms with Gasteiger partial charge in [0.1, 0.15) is 5.75 Å². The molecule has 2 aromatic carbocycles. The molecule has 0 aliphatic carbocycles. The van der Waals surface area contributed by atoms with Crippen molar-refractivity contribution in [1.82, 2.24) is 0 Å². The molecule has 0 saturated heterocycles. The maximum Gasteiger partial charge on any atom is 0.573 e. The third kappa shape index (κ3) is 5.40. The van der Waals surface area contributed by atoms with Gasteiger partial charge in [0.15, 0.2) is 0 Å². The van der Waals surface area contributed by atoms with Crippen LogP contribution in [0.3, 0.4) is 0 Å². The van der Waals surface area contributed by atoms with Crippen LogP contribution in [-0.2, 0) is 4.79 Å². The molecule has 2 aromatic rings. The zero-order chi connectivity index (χ0) is 19.3. The van der Waals surface area contributed by atoms with Crippen LogP contribution < -0.4 is 21.1 Å². The summed E-state index contributed by atoms with van der Waals surface area (Å²) in [5.74, 6) is -1.47. The highest BCUT2D eigenvalue weighted by atomic mass is 19.4. The average Bonchev–Trinajstić information content (AvgIpc) is 2.54. The topological polar surface area (TPSA) is 93.5 Å². The summed E-state index contributed by atoms with van der Waals surface area (Å²) in [6.45, 7) is 1.60. The number of carbonyl (C=O) groups is 2. The van der Waals surface area contributed by atoms with Gasteiger partial charge in [-0.1, -0.05) is 12.1 Å². The predicted octanol–water partition coefficient (Wildman–Crippen LogP) is 3.04. The highest BCUT2D eigenvalue weighted by Crippen LogP contribution is 2.24. The summed E-state index contributed by atoms with van der Waals surface area (Å²) >= 11 is 0. The molecule has 0 aromatic heterocycles. The Morgan fingerprint density at radius 2 is 1.77 bits per heavy atom. The number of hydrogen-bond donors (Lipinski definition) is 3. The van der Waals surface area contributed by atoms with Crippen LogP contribution in [0, 0.1) is 6.92 Å². The number of anilines is 2. The van der Waals surface area contributed by atoms with Gasteiger partial charge in [-0.15, -0.1) is 13.2 Å². The Hall–Kier alpha value is -3.23. The van der Waals surface area contributed by atoms with Crippen molar-refractivity contribution in [2.45, 2.75) is 13.3 Å². The fraction of sp³-hybridized carbons (Fsp3) is 0.176. The number of amides is 2. The summed E-state index contributed by atoms with van der Waals surface area (Å²) in [5, 5.41) is 5.35. The molecule has 0 unspecified atom stereocenters. The van der Waals surface area contributed by atoms with Crippen molar-refractivity contribution in [3.8, 4) is 5.75 Å². The number of nitrogens with one attached hydrogen (secondary N) is 2. The van der Waals surface area contributed by atoms with E-state index in [0.29, 0.717) is 11.4 Å². The van der Waals surface area contributed by atoms with E-state index in [1.165, 1.54) is 18.2 Å². The van der Waals surface area contributed by atoms with Crippen molar-refractivity contribution in [3.05, 3.63) is 53.6 Å². The second kappa shape index (κ2) is 7.77. The molecule has 0 aliphatic heterocycles. The van der Waals surface area contributed by atoms with Gasteiger partial charge in [-0.2, -0.15) is 0 Å². The van der Waals surface area contributed by atoms with Crippen molar-refractivity contribution >= 4 is 23.2 Å². The Labute approximate surface area is 147 Å². The van der Waals surface area contributed by atoms with Gasteiger partial charge in [0.05, 0.1) is 17.8 Å². The second-order valence-electron chi connectivity index (χ2n) is 5.34. The molecule has 0 bridgehead atoms. The fourth-order valence-electron chi connectivity index (χ4n) is 2.22. The molecule has 0 aliphatic rings. The summed E-state index contributed by atoms with van der Waals surface area (Å²) in [5.41, 5.74) is 7.04. The molecule has 6 nitrogen and oxygen atoms in total. The zero-order valence-corrected chi connectivity index (χ0v) is 13.7. The van der Waals surface area contributed by atoms with Crippen LogP contribution in [-0.4, -0.2) is 24.7 Å². The molecule has 9 heteroatoms. The lowest BCUT2D eigenvalue weighted by Crippen LogP contribution is -2.24. The first-order valence-corrected chi connectivity index (χ1v) is 7.44. The van der Waals surface area contributed by atoms with Crippen LogP contribution in [0.15, 0.2) is 42.5 Å². The van der Waals surface area contributed by atoms with Gasteiger partial charge >= 0.3 is 6.36 Å². The summed E-state index contributed by atoms with van der Waals surface area (Å²) < 4.78 is 40.1. The molecule has 138 valence electrons. The van der Waals surface area contributed by atoms with Crippen molar-refractivity contribution in [1.29, 1.82) is 0 Å². The Morgan fingerprint density at radius 3 is 2.35 bits per heavy atom. The van der Waals surface area contributed by atoms with E-state index in [1.54, 1.807) is 19.1 Å². The molecule has 4 N–H and O–H groups in total. The number of aryl methyl sites for hydroxylation is 1. The maximum absolute atomic E-state index is 12.1. The van der Waals surface area contributed by atoms with Crippen LogP contribution in [0.5, 0.6) is 5.75 Å². The third-order valence-electron chi connectivity index (χ3n) is 3.34. The van der Waals surface area contributed by atoms with Gasteiger partial charge in [-0.05, 0) is 42.8 Å². The largest absolute Gasteiger partial charge is 0.573 e. The lowest BCUT2D eigenvalue weighted by atomic mass is 10.1. The van der Waals surface area contributed by atoms with Crippen molar-refractivity contribution < 1.29 is 27.5 Å². The van der Waals surface area contributed by atoms with E-state index < -0.39 is 18.2 Å². The summed E-state index contributed by atoms with van der Waals surface area (Å²) in [6, 6.07) is 9.70. The quantitative estimate of drug-likeness (QED) is 0.732. The van der Waals surface area contributed by atoms with Crippen LogP contribution in [0.2, 0.25) is 0 Å². The van der Waals surface area contributed by atoms with Gasteiger partial charge in [0.25, 0.3) is 5.91 Å². The fourth-order valence-corrected chi connectivity index (χ4v) is 2.22. The highest BCUT2D eigenvalue weighted by Gasteiger charge is 2.30. The minimum absolute atomic E-state index is 0.161. The Morgan fingerprint density at radius 1 is 1.12 bits per heavy atom. The molecule has 26 heavy (non-hydrogen) atoms. The smallest absolute Gasteiger partial charge is 0.406 e. The molecule has 0 spiro atoms. The number of nitrogens with two attached hydrogens (primary N) is 1. The summed E-state index contributed by atoms with van der Waals surface area (Å²) in [4.78, 5) is 23.4. The third-order valence-corrected chi connectivity index (χ3v) is 3.34. The van der Waals surface area contributed by atoms with Gasteiger partial charge < -0.3 is 21.1 Å².